The summed E-state index contributed by atoms with van der Waals surface area (Å²) in [4.78, 5) is 13.2. The Hall–Kier alpha value is -4.00. The lowest BCUT2D eigenvalue weighted by Gasteiger charge is -2.11. The smallest absolute Gasteiger partial charge is 0.274 e. The number of tetrazole rings is 1. The van der Waals surface area contributed by atoms with Gasteiger partial charge in [0.05, 0.1) is 6.26 Å². The fourth-order valence-corrected chi connectivity index (χ4v) is 2.86. The van der Waals surface area contributed by atoms with E-state index in [1.54, 1.807) is 24.5 Å². The predicted molar refractivity (Wildman–Crippen MR) is 111 cm³/mol. The first-order valence-corrected chi connectivity index (χ1v) is 9.10. The zero-order valence-corrected chi connectivity index (χ0v) is 16.0. The number of hydrogen-bond donors (Lipinski definition) is 1. The van der Waals surface area contributed by atoms with Crippen LogP contribution in [0.15, 0.2) is 71.3 Å². The van der Waals surface area contributed by atoms with Crippen molar-refractivity contribution in [3.05, 3.63) is 83.8 Å². The number of hydrogen-bond acceptors (Lipinski definition) is 5. The molecule has 2 heterocycles. The number of nitrogens with one attached hydrogen (secondary N) is 1. The lowest BCUT2D eigenvalue weighted by Crippen LogP contribution is -2.19. The van der Waals surface area contributed by atoms with Crippen LogP contribution in [0.1, 0.15) is 16.9 Å². The van der Waals surface area contributed by atoms with Crippen LogP contribution in [0.25, 0.3) is 23.2 Å². The van der Waals surface area contributed by atoms with Gasteiger partial charge in [0, 0.05) is 17.3 Å². The fourth-order valence-electron chi connectivity index (χ4n) is 2.86. The van der Waals surface area contributed by atoms with Crippen LogP contribution in [0.3, 0.4) is 0 Å². The summed E-state index contributed by atoms with van der Waals surface area (Å²) < 4.78 is 6.82. The van der Waals surface area contributed by atoms with Gasteiger partial charge >= 0.3 is 0 Å². The van der Waals surface area contributed by atoms with Crippen LogP contribution in [0.5, 0.6) is 0 Å². The molecule has 4 rings (SSSR count). The first-order chi connectivity index (χ1) is 14.1. The van der Waals surface area contributed by atoms with Gasteiger partial charge in [-0.15, -0.1) is 5.10 Å². The van der Waals surface area contributed by atoms with E-state index >= 15 is 0 Å². The standard InChI is InChI=1S/C22H19N5O2/c1-15-10-11-18(13-16(15)2)23-22(28)20(14-19-9-6-12-29-19)27-21(24-25-26-27)17-7-4-3-5-8-17/h3-14H,1-2H3,(H,23,28). The predicted octanol–water partition coefficient (Wildman–Crippen LogP) is 4.19. The number of nitrogens with zero attached hydrogens (tertiary/aromatic N) is 4. The summed E-state index contributed by atoms with van der Waals surface area (Å²) in [7, 11) is 0. The Bertz CT molecular complexity index is 1160. The Balaban J connectivity index is 1.75. The number of benzene rings is 2. The maximum atomic E-state index is 13.2. The van der Waals surface area contributed by atoms with E-state index in [9.17, 15) is 4.79 Å². The Morgan fingerprint density at radius 1 is 1.03 bits per heavy atom. The van der Waals surface area contributed by atoms with Gasteiger partial charge in [-0.05, 0) is 59.7 Å². The average Bonchev–Trinajstić information content (AvgIpc) is 3.41. The van der Waals surface area contributed by atoms with Gasteiger partial charge in [-0.2, -0.15) is 4.68 Å². The van der Waals surface area contributed by atoms with Crippen molar-refractivity contribution in [1.82, 2.24) is 20.2 Å². The molecule has 0 fully saturated rings. The third kappa shape index (κ3) is 3.98. The minimum Gasteiger partial charge on any atom is -0.465 e. The van der Waals surface area contributed by atoms with E-state index in [4.69, 9.17) is 4.42 Å². The second kappa shape index (κ2) is 7.93. The van der Waals surface area contributed by atoms with E-state index in [2.05, 4.69) is 20.8 Å². The Morgan fingerprint density at radius 3 is 2.59 bits per heavy atom. The van der Waals surface area contributed by atoms with Gasteiger partial charge in [-0.1, -0.05) is 36.4 Å². The zero-order chi connectivity index (χ0) is 20.2. The van der Waals surface area contributed by atoms with Crippen molar-refractivity contribution in [1.29, 1.82) is 0 Å². The molecule has 0 aliphatic heterocycles. The number of rotatable bonds is 5. The number of anilines is 1. The third-order valence-electron chi connectivity index (χ3n) is 4.55. The summed E-state index contributed by atoms with van der Waals surface area (Å²) >= 11 is 0. The molecule has 0 aliphatic rings. The molecule has 7 heteroatoms. The molecular weight excluding hydrogens is 366 g/mol. The van der Waals surface area contributed by atoms with Crippen molar-refractivity contribution in [2.24, 2.45) is 0 Å². The van der Waals surface area contributed by atoms with Crippen LogP contribution in [0.4, 0.5) is 5.69 Å². The summed E-state index contributed by atoms with van der Waals surface area (Å²) in [5, 5.41) is 14.9. The van der Waals surface area contributed by atoms with E-state index in [0.717, 1.165) is 16.7 Å². The van der Waals surface area contributed by atoms with Crippen molar-refractivity contribution in [2.45, 2.75) is 13.8 Å². The molecule has 0 saturated carbocycles. The van der Waals surface area contributed by atoms with Gasteiger partial charge in [0.1, 0.15) is 11.5 Å². The maximum absolute atomic E-state index is 13.2. The molecule has 2 aromatic carbocycles. The molecular formula is C22H19N5O2. The molecule has 0 bridgehead atoms. The molecule has 0 aliphatic carbocycles. The molecule has 1 amide bonds. The van der Waals surface area contributed by atoms with E-state index in [1.807, 2.05) is 62.4 Å². The minimum absolute atomic E-state index is 0.238. The normalized spacial score (nSPS) is 11.4. The molecule has 0 spiro atoms. The van der Waals surface area contributed by atoms with Gasteiger partial charge in [0.25, 0.3) is 5.91 Å². The van der Waals surface area contributed by atoms with Crippen LogP contribution < -0.4 is 5.32 Å². The van der Waals surface area contributed by atoms with Gasteiger partial charge in [-0.25, -0.2) is 0 Å². The quantitative estimate of drug-likeness (QED) is 0.521. The highest BCUT2D eigenvalue weighted by Gasteiger charge is 2.20. The maximum Gasteiger partial charge on any atom is 0.274 e. The highest BCUT2D eigenvalue weighted by Crippen LogP contribution is 2.22. The molecule has 0 atom stereocenters. The van der Waals surface area contributed by atoms with Crippen LogP contribution in [-0.2, 0) is 4.79 Å². The number of carbonyl (C=O) groups excluding carboxylic acids is 1. The highest BCUT2D eigenvalue weighted by atomic mass is 16.3. The molecule has 4 aromatic rings. The summed E-state index contributed by atoms with van der Waals surface area (Å²) in [6.45, 7) is 4.02. The van der Waals surface area contributed by atoms with E-state index in [0.29, 0.717) is 17.3 Å². The lowest BCUT2D eigenvalue weighted by atomic mass is 10.1. The van der Waals surface area contributed by atoms with Crippen molar-refractivity contribution < 1.29 is 9.21 Å². The van der Waals surface area contributed by atoms with E-state index in [-0.39, 0.29) is 11.6 Å². The van der Waals surface area contributed by atoms with Crippen molar-refractivity contribution in [2.75, 3.05) is 5.32 Å². The highest BCUT2D eigenvalue weighted by molar-refractivity contribution is 6.24. The van der Waals surface area contributed by atoms with Gasteiger partial charge in [-0.3, -0.25) is 4.79 Å². The molecule has 29 heavy (non-hydrogen) atoms. The largest absolute Gasteiger partial charge is 0.465 e. The summed E-state index contributed by atoms with van der Waals surface area (Å²) in [5.41, 5.74) is 3.97. The van der Waals surface area contributed by atoms with Crippen molar-refractivity contribution in [3.63, 3.8) is 0 Å². The summed E-state index contributed by atoms with van der Waals surface area (Å²) in [5.74, 6) is 0.623. The number of amides is 1. The van der Waals surface area contributed by atoms with Crippen molar-refractivity contribution in [3.8, 4) is 11.4 Å². The number of aryl methyl sites for hydroxylation is 2. The SMILES string of the molecule is Cc1ccc(NC(=O)C(=Cc2ccco2)n2nnnc2-c2ccccc2)cc1C. The van der Waals surface area contributed by atoms with Crippen LogP contribution in [0, 0.1) is 13.8 Å². The molecule has 0 saturated heterocycles. The summed E-state index contributed by atoms with van der Waals surface area (Å²) in [6, 6.07) is 18.7. The van der Waals surface area contributed by atoms with Gasteiger partial charge in [0.15, 0.2) is 5.82 Å². The summed E-state index contributed by atoms with van der Waals surface area (Å²) in [6.07, 6.45) is 3.15. The number of furan rings is 1. The Labute approximate surface area is 167 Å². The molecule has 0 unspecified atom stereocenters. The first-order valence-electron chi connectivity index (χ1n) is 9.10. The van der Waals surface area contributed by atoms with E-state index in [1.165, 1.54) is 4.68 Å². The fraction of sp³-hybridized carbons (Fsp3) is 0.0909. The number of carbonyl (C=O) groups is 1. The van der Waals surface area contributed by atoms with Crippen LogP contribution in [0.2, 0.25) is 0 Å². The van der Waals surface area contributed by atoms with Gasteiger partial charge in [0.2, 0.25) is 0 Å². The van der Waals surface area contributed by atoms with Crippen molar-refractivity contribution >= 4 is 23.4 Å². The van der Waals surface area contributed by atoms with Crippen LogP contribution in [-0.4, -0.2) is 26.1 Å². The minimum atomic E-state index is -0.353. The average molecular weight is 385 g/mol. The third-order valence-corrected chi connectivity index (χ3v) is 4.55. The first kappa shape index (κ1) is 18.4. The molecule has 1 N–H and O–H groups in total. The van der Waals surface area contributed by atoms with E-state index < -0.39 is 0 Å². The Kier molecular flexibility index (Phi) is 5.03. The molecule has 2 aromatic heterocycles. The van der Waals surface area contributed by atoms with Crippen LogP contribution >= 0.6 is 0 Å². The lowest BCUT2D eigenvalue weighted by molar-refractivity contribution is -0.111. The number of aromatic nitrogens is 4. The second-order valence-corrected chi connectivity index (χ2v) is 6.58. The zero-order valence-electron chi connectivity index (χ0n) is 16.0. The monoisotopic (exact) mass is 385 g/mol. The molecule has 144 valence electrons. The second-order valence-electron chi connectivity index (χ2n) is 6.58. The molecule has 7 nitrogen and oxygen atoms in total. The molecule has 0 radical (unpaired) electrons. The van der Waals surface area contributed by atoms with Gasteiger partial charge < -0.3 is 9.73 Å². The topological polar surface area (TPSA) is 85.8 Å². The Morgan fingerprint density at radius 2 is 1.86 bits per heavy atom.